The van der Waals surface area contributed by atoms with Crippen molar-refractivity contribution in [2.75, 3.05) is 0 Å². The van der Waals surface area contributed by atoms with Gasteiger partial charge in [-0.05, 0) is 0 Å². The van der Waals surface area contributed by atoms with Crippen LogP contribution in [0.4, 0.5) is 0 Å². The van der Waals surface area contributed by atoms with E-state index in [0.29, 0.717) is 0 Å². The maximum absolute atomic E-state index is 11.6. The third-order valence-corrected chi connectivity index (χ3v) is 2.04. The number of rotatable bonds is 3. The molecule has 0 saturated heterocycles. The van der Waals surface area contributed by atoms with Crippen LogP contribution >= 0.6 is 0 Å². The third kappa shape index (κ3) is 4.89. The molecule has 0 bridgehead atoms. The van der Waals surface area contributed by atoms with E-state index in [0.717, 1.165) is 0 Å². The Balaban J connectivity index is 0.00000121. The number of ketones is 2. The average Bonchev–Trinajstić information content (AvgIpc) is 2.68. The summed E-state index contributed by atoms with van der Waals surface area (Å²) in [7, 11) is 0. The van der Waals surface area contributed by atoms with E-state index < -0.39 is 5.41 Å². The number of carbonyl (C=O) groups excluding carboxylic acids is 2. The Morgan fingerprint density at radius 1 is 1.29 bits per heavy atom. The fourth-order valence-corrected chi connectivity index (χ4v) is 0.921. The van der Waals surface area contributed by atoms with E-state index >= 15 is 0 Å². The predicted molar refractivity (Wildman–Crippen MR) is 65.8 cm³/mol. The summed E-state index contributed by atoms with van der Waals surface area (Å²) in [6.07, 6.45) is 1.49. The monoisotopic (exact) mass is 239 g/mol. The molecule has 0 aromatic carbocycles. The van der Waals surface area contributed by atoms with Crippen LogP contribution in [0.25, 0.3) is 0 Å². The highest BCUT2D eigenvalue weighted by molar-refractivity contribution is 5.91. The molecule has 0 saturated carbocycles. The standard InChI is InChI=1S/C10H15N3O2.C2H6/c1-7(14)8-5-13(12-11-8)6-9(15)10(2,3)4;1-2/h5H,6H2,1-4H3;1-2H3. The second-order valence-electron chi connectivity index (χ2n) is 4.53. The minimum absolute atomic E-state index is 0.0579. The summed E-state index contributed by atoms with van der Waals surface area (Å²) in [4.78, 5) is 22.6. The van der Waals surface area contributed by atoms with E-state index in [-0.39, 0.29) is 23.8 Å². The third-order valence-electron chi connectivity index (χ3n) is 2.04. The van der Waals surface area contributed by atoms with E-state index in [2.05, 4.69) is 10.3 Å². The summed E-state index contributed by atoms with van der Waals surface area (Å²) in [6, 6.07) is 0. The smallest absolute Gasteiger partial charge is 0.181 e. The lowest BCUT2D eigenvalue weighted by atomic mass is 9.91. The number of nitrogens with zero attached hydrogens (tertiary/aromatic N) is 3. The zero-order valence-electron chi connectivity index (χ0n) is 11.4. The first-order valence-corrected chi connectivity index (χ1v) is 5.75. The van der Waals surface area contributed by atoms with Crippen LogP contribution < -0.4 is 0 Å². The van der Waals surface area contributed by atoms with E-state index in [1.165, 1.54) is 17.8 Å². The molecule has 0 N–H and O–H groups in total. The number of carbonyl (C=O) groups is 2. The summed E-state index contributed by atoms with van der Waals surface area (Å²) in [6.45, 7) is 11.1. The second kappa shape index (κ2) is 6.27. The molecule has 0 unspecified atom stereocenters. The van der Waals surface area contributed by atoms with Gasteiger partial charge < -0.3 is 0 Å². The first-order valence-electron chi connectivity index (χ1n) is 5.75. The van der Waals surface area contributed by atoms with Gasteiger partial charge in [-0.2, -0.15) is 0 Å². The molecule has 0 aliphatic heterocycles. The summed E-state index contributed by atoms with van der Waals surface area (Å²) >= 11 is 0. The molecular weight excluding hydrogens is 218 g/mol. The predicted octanol–water partition coefficient (Wildman–Crippen LogP) is 2.12. The molecule has 1 heterocycles. The van der Waals surface area contributed by atoms with E-state index in [4.69, 9.17) is 0 Å². The quantitative estimate of drug-likeness (QED) is 0.758. The van der Waals surface area contributed by atoms with Gasteiger partial charge >= 0.3 is 0 Å². The molecule has 1 aromatic rings. The molecule has 0 radical (unpaired) electrons. The van der Waals surface area contributed by atoms with Crippen LogP contribution in [0.1, 0.15) is 52.0 Å². The minimum atomic E-state index is -0.400. The zero-order chi connectivity index (χ0) is 13.6. The van der Waals surface area contributed by atoms with Gasteiger partial charge in [0, 0.05) is 12.3 Å². The van der Waals surface area contributed by atoms with Gasteiger partial charge in [-0.15, -0.1) is 5.10 Å². The molecule has 5 nitrogen and oxygen atoms in total. The molecule has 0 fully saturated rings. The van der Waals surface area contributed by atoms with Crippen molar-refractivity contribution in [1.29, 1.82) is 0 Å². The van der Waals surface area contributed by atoms with Crippen LogP contribution in [0, 0.1) is 5.41 Å². The maximum Gasteiger partial charge on any atom is 0.181 e. The summed E-state index contributed by atoms with van der Waals surface area (Å²) in [5, 5.41) is 7.38. The molecule has 0 amide bonds. The molecule has 1 rings (SSSR count). The van der Waals surface area contributed by atoms with Crippen LogP contribution in [-0.4, -0.2) is 26.6 Å². The Labute approximate surface area is 102 Å². The molecule has 0 aliphatic rings. The van der Waals surface area contributed by atoms with Gasteiger partial charge in [0.25, 0.3) is 0 Å². The van der Waals surface area contributed by atoms with Crippen molar-refractivity contribution < 1.29 is 9.59 Å². The van der Waals surface area contributed by atoms with Crippen molar-refractivity contribution in [3.8, 4) is 0 Å². The van der Waals surface area contributed by atoms with Crippen molar-refractivity contribution in [2.45, 2.75) is 48.1 Å². The van der Waals surface area contributed by atoms with Crippen LogP contribution in [0.5, 0.6) is 0 Å². The fraction of sp³-hybridized carbons (Fsp3) is 0.667. The number of hydrogen-bond acceptors (Lipinski definition) is 4. The molecule has 1 aromatic heterocycles. The highest BCUT2D eigenvalue weighted by Crippen LogP contribution is 2.15. The number of hydrogen-bond donors (Lipinski definition) is 0. The Morgan fingerprint density at radius 3 is 2.18 bits per heavy atom. The molecule has 96 valence electrons. The normalized spacial score (nSPS) is 10.5. The lowest BCUT2D eigenvalue weighted by Gasteiger charge is -2.15. The fourth-order valence-electron chi connectivity index (χ4n) is 0.921. The molecule has 17 heavy (non-hydrogen) atoms. The SMILES string of the molecule is CC.CC(=O)c1cn(CC(=O)C(C)(C)C)nn1. The zero-order valence-corrected chi connectivity index (χ0v) is 11.4. The van der Waals surface area contributed by atoms with Crippen molar-refractivity contribution in [1.82, 2.24) is 15.0 Å². The maximum atomic E-state index is 11.6. The summed E-state index contributed by atoms with van der Waals surface area (Å²) < 4.78 is 1.39. The minimum Gasteiger partial charge on any atom is -0.297 e. The average molecular weight is 239 g/mol. The summed E-state index contributed by atoms with van der Waals surface area (Å²) in [5.74, 6) is -0.0908. The molecule has 0 atom stereocenters. The van der Waals surface area contributed by atoms with Gasteiger partial charge in [-0.25, -0.2) is 4.68 Å². The molecule has 0 aliphatic carbocycles. The molecular formula is C12H21N3O2. The molecule has 5 heteroatoms. The van der Waals surface area contributed by atoms with Crippen LogP contribution in [0.2, 0.25) is 0 Å². The van der Waals surface area contributed by atoms with Gasteiger partial charge in [-0.3, -0.25) is 9.59 Å². The van der Waals surface area contributed by atoms with Gasteiger partial charge in [-0.1, -0.05) is 39.8 Å². The van der Waals surface area contributed by atoms with Crippen molar-refractivity contribution in [2.24, 2.45) is 5.41 Å². The Bertz CT molecular complexity index is 389. The lowest BCUT2D eigenvalue weighted by molar-refractivity contribution is -0.127. The summed E-state index contributed by atoms with van der Waals surface area (Å²) in [5.41, 5.74) is -0.112. The van der Waals surface area contributed by atoms with Crippen LogP contribution in [0.3, 0.4) is 0 Å². The van der Waals surface area contributed by atoms with E-state index in [9.17, 15) is 9.59 Å². The van der Waals surface area contributed by atoms with Crippen LogP contribution in [-0.2, 0) is 11.3 Å². The highest BCUT2D eigenvalue weighted by Gasteiger charge is 2.21. The molecule has 0 spiro atoms. The van der Waals surface area contributed by atoms with Crippen molar-refractivity contribution in [3.63, 3.8) is 0 Å². The lowest BCUT2D eigenvalue weighted by Crippen LogP contribution is -2.25. The first kappa shape index (κ1) is 15.5. The van der Waals surface area contributed by atoms with Gasteiger partial charge in [0.05, 0.1) is 6.20 Å². The van der Waals surface area contributed by atoms with E-state index in [1.54, 1.807) is 0 Å². The Kier molecular flexibility index (Phi) is 5.71. The van der Waals surface area contributed by atoms with Crippen molar-refractivity contribution >= 4 is 11.6 Å². The first-order chi connectivity index (χ1) is 7.80. The van der Waals surface area contributed by atoms with Gasteiger partial charge in [0.15, 0.2) is 11.6 Å². The second-order valence-corrected chi connectivity index (χ2v) is 4.53. The topological polar surface area (TPSA) is 64.8 Å². The van der Waals surface area contributed by atoms with Gasteiger partial charge in [0.2, 0.25) is 0 Å². The Morgan fingerprint density at radius 2 is 1.82 bits per heavy atom. The number of Topliss-reactive ketones (excluding diaryl/α,β-unsaturated/α-hetero) is 2. The van der Waals surface area contributed by atoms with Gasteiger partial charge in [0.1, 0.15) is 12.2 Å². The highest BCUT2D eigenvalue weighted by atomic mass is 16.1. The Hall–Kier alpha value is -1.52. The van der Waals surface area contributed by atoms with E-state index in [1.807, 2.05) is 34.6 Å². The largest absolute Gasteiger partial charge is 0.297 e. The van der Waals surface area contributed by atoms with Crippen molar-refractivity contribution in [3.05, 3.63) is 11.9 Å². The number of aromatic nitrogens is 3. The van der Waals surface area contributed by atoms with Crippen LogP contribution in [0.15, 0.2) is 6.20 Å².